The Morgan fingerprint density at radius 3 is 3.00 bits per heavy atom. The number of ether oxygens (including phenoxy) is 1. The van der Waals surface area contributed by atoms with Crippen molar-refractivity contribution in [1.82, 2.24) is 14.6 Å². The van der Waals surface area contributed by atoms with Gasteiger partial charge in [0.25, 0.3) is 0 Å². The number of rotatable bonds is 2. The predicted molar refractivity (Wildman–Crippen MR) is 90.0 cm³/mol. The summed E-state index contributed by atoms with van der Waals surface area (Å²) < 4.78 is 20.9. The number of hydrogen-bond donors (Lipinski definition) is 0. The molecule has 0 saturated carbocycles. The Morgan fingerprint density at radius 1 is 1.29 bits per heavy atom. The highest BCUT2D eigenvalue weighted by Crippen LogP contribution is 2.30. The van der Waals surface area contributed by atoms with Crippen molar-refractivity contribution in [2.75, 3.05) is 24.6 Å². The first-order chi connectivity index (χ1) is 11.6. The fourth-order valence-corrected chi connectivity index (χ4v) is 3.26. The normalized spacial score (nSPS) is 18.3. The summed E-state index contributed by atoms with van der Waals surface area (Å²) >= 11 is 6.17. The molecule has 7 heteroatoms. The summed E-state index contributed by atoms with van der Waals surface area (Å²) in [6.07, 6.45) is 1.68. The Morgan fingerprint density at radius 2 is 2.17 bits per heavy atom. The van der Waals surface area contributed by atoms with Crippen LogP contribution in [0.3, 0.4) is 0 Å². The minimum atomic E-state index is -0.348. The molecule has 4 rings (SSSR count). The van der Waals surface area contributed by atoms with Gasteiger partial charge in [0.05, 0.1) is 18.5 Å². The van der Waals surface area contributed by atoms with Gasteiger partial charge in [-0.15, -0.1) is 5.10 Å². The van der Waals surface area contributed by atoms with E-state index in [1.54, 1.807) is 10.6 Å². The topological polar surface area (TPSA) is 42.7 Å². The summed E-state index contributed by atoms with van der Waals surface area (Å²) in [6.45, 7) is 3.84. The van der Waals surface area contributed by atoms with E-state index in [2.05, 4.69) is 15.0 Å². The van der Waals surface area contributed by atoms with Gasteiger partial charge < -0.3 is 9.64 Å². The second-order valence-corrected chi connectivity index (χ2v) is 6.26. The minimum Gasteiger partial charge on any atom is -0.370 e. The molecule has 1 aliphatic heterocycles. The van der Waals surface area contributed by atoms with Gasteiger partial charge >= 0.3 is 0 Å². The third-order valence-electron chi connectivity index (χ3n) is 4.13. The number of hydrogen-bond acceptors (Lipinski definition) is 4. The zero-order chi connectivity index (χ0) is 16.7. The Kier molecular flexibility index (Phi) is 3.86. The molecule has 0 bridgehead atoms. The molecule has 0 amide bonds. The van der Waals surface area contributed by atoms with Crippen molar-refractivity contribution in [3.05, 3.63) is 58.6 Å². The minimum absolute atomic E-state index is 0.214. The van der Waals surface area contributed by atoms with Gasteiger partial charge in [-0.05, 0) is 31.2 Å². The molecular weight excluding hydrogens is 331 g/mol. The van der Waals surface area contributed by atoms with Crippen molar-refractivity contribution in [2.24, 2.45) is 0 Å². The molecule has 24 heavy (non-hydrogen) atoms. The van der Waals surface area contributed by atoms with Gasteiger partial charge in [0.1, 0.15) is 17.7 Å². The van der Waals surface area contributed by atoms with Gasteiger partial charge in [-0.2, -0.15) is 0 Å². The first kappa shape index (κ1) is 15.4. The lowest BCUT2D eigenvalue weighted by molar-refractivity contribution is 0.0395. The molecule has 124 valence electrons. The number of aryl methyl sites for hydroxylation is 1. The molecule has 5 nitrogen and oxygen atoms in total. The van der Waals surface area contributed by atoms with E-state index in [-0.39, 0.29) is 11.9 Å². The van der Waals surface area contributed by atoms with E-state index in [1.807, 2.05) is 25.3 Å². The third kappa shape index (κ3) is 2.83. The Hall–Kier alpha value is -2.18. The van der Waals surface area contributed by atoms with Crippen LogP contribution in [0.25, 0.3) is 5.65 Å². The van der Waals surface area contributed by atoms with Gasteiger partial charge in [-0.1, -0.05) is 17.7 Å². The standard InChI is InChI=1S/C17H16ClFN4O/c1-11-9-23-16(20-11)4-5-17(21-23)22-6-7-24-15(10-22)13-3-2-12(19)8-14(13)18/h2-5,8-9,15H,6-7,10H2,1H3. The van der Waals surface area contributed by atoms with E-state index >= 15 is 0 Å². The van der Waals surface area contributed by atoms with Crippen LogP contribution in [0.4, 0.5) is 10.2 Å². The van der Waals surface area contributed by atoms with E-state index in [4.69, 9.17) is 16.3 Å². The lowest BCUT2D eigenvalue weighted by atomic mass is 10.1. The van der Waals surface area contributed by atoms with Crippen molar-refractivity contribution >= 4 is 23.1 Å². The number of nitrogens with zero attached hydrogens (tertiary/aromatic N) is 4. The molecule has 1 aromatic carbocycles. The number of imidazole rings is 1. The maximum Gasteiger partial charge on any atom is 0.153 e. The maximum atomic E-state index is 13.3. The number of anilines is 1. The average Bonchev–Trinajstić information content (AvgIpc) is 2.94. The van der Waals surface area contributed by atoms with Crippen LogP contribution < -0.4 is 4.90 Å². The summed E-state index contributed by atoms with van der Waals surface area (Å²) in [6, 6.07) is 8.31. The van der Waals surface area contributed by atoms with E-state index in [0.717, 1.165) is 29.3 Å². The summed E-state index contributed by atoms with van der Waals surface area (Å²) in [5.41, 5.74) is 2.54. The van der Waals surface area contributed by atoms with Crippen molar-refractivity contribution in [1.29, 1.82) is 0 Å². The third-order valence-corrected chi connectivity index (χ3v) is 4.45. The Balaban J connectivity index is 1.61. The van der Waals surface area contributed by atoms with Gasteiger partial charge in [-0.25, -0.2) is 13.9 Å². The zero-order valence-corrected chi connectivity index (χ0v) is 13.9. The summed E-state index contributed by atoms with van der Waals surface area (Å²) in [7, 11) is 0. The van der Waals surface area contributed by atoms with E-state index in [0.29, 0.717) is 18.2 Å². The van der Waals surface area contributed by atoms with Crippen LogP contribution in [0, 0.1) is 12.7 Å². The molecular formula is C17H16ClFN4O. The molecule has 1 fully saturated rings. The molecule has 3 aromatic rings. The monoisotopic (exact) mass is 346 g/mol. The van der Waals surface area contributed by atoms with Crippen LogP contribution >= 0.6 is 11.6 Å². The van der Waals surface area contributed by atoms with Crippen LogP contribution in [0.1, 0.15) is 17.4 Å². The van der Waals surface area contributed by atoms with Crippen LogP contribution in [0.2, 0.25) is 5.02 Å². The molecule has 0 spiro atoms. The van der Waals surface area contributed by atoms with Crippen molar-refractivity contribution in [3.8, 4) is 0 Å². The molecule has 1 unspecified atom stereocenters. The highest BCUT2D eigenvalue weighted by molar-refractivity contribution is 6.31. The summed E-state index contributed by atoms with van der Waals surface area (Å²) in [5, 5.41) is 5.00. The number of halogens is 2. The summed E-state index contributed by atoms with van der Waals surface area (Å²) in [4.78, 5) is 6.53. The predicted octanol–water partition coefficient (Wildman–Crippen LogP) is 3.41. The second kappa shape index (κ2) is 6.03. The largest absolute Gasteiger partial charge is 0.370 e. The van der Waals surface area contributed by atoms with Gasteiger partial charge in [-0.3, -0.25) is 0 Å². The van der Waals surface area contributed by atoms with Gasteiger partial charge in [0.15, 0.2) is 5.65 Å². The van der Waals surface area contributed by atoms with Gasteiger partial charge in [0, 0.05) is 23.7 Å². The number of fused-ring (bicyclic) bond motifs is 1. The molecule has 0 N–H and O–H groups in total. The molecule has 0 radical (unpaired) electrons. The van der Waals surface area contributed by atoms with Crippen LogP contribution in [-0.4, -0.2) is 34.3 Å². The highest BCUT2D eigenvalue weighted by atomic mass is 35.5. The maximum absolute atomic E-state index is 13.3. The quantitative estimate of drug-likeness (QED) is 0.713. The zero-order valence-electron chi connectivity index (χ0n) is 13.1. The van der Waals surface area contributed by atoms with Crippen molar-refractivity contribution in [2.45, 2.75) is 13.0 Å². The molecule has 1 aliphatic rings. The lowest BCUT2D eigenvalue weighted by Gasteiger charge is -2.34. The van der Waals surface area contributed by atoms with E-state index < -0.39 is 0 Å². The fraction of sp³-hybridized carbons (Fsp3) is 0.294. The molecule has 0 aliphatic carbocycles. The molecule has 1 saturated heterocycles. The van der Waals surface area contributed by atoms with Crippen molar-refractivity contribution < 1.29 is 9.13 Å². The van der Waals surface area contributed by atoms with Gasteiger partial charge in [0.2, 0.25) is 0 Å². The molecule has 2 aromatic heterocycles. The molecule has 3 heterocycles. The smallest absolute Gasteiger partial charge is 0.153 e. The Bertz CT molecular complexity index is 897. The van der Waals surface area contributed by atoms with Crippen LogP contribution in [0.5, 0.6) is 0 Å². The molecule has 1 atom stereocenters. The van der Waals surface area contributed by atoms with E-state index in [1.165, 1.54) is 12.1 Å². The number of morpholine rings is 1. The Labute approximate surface area is 143 Å². The van der Waals surface area contributed by atoms with Crippen LogP contribution in [0.15, 0.2) is 36.5 Å². The van der Waals surface area contributed by atoms with Crippen LogP contribution in [-0.2, 0) is 4.74 Å². The first-order valence-corrected chi connectivity index (χ1v) is 8.12. The lowest BCUT2D eigenvalue weighted by Crippen LogP contribution is -2.39. The second-order valence-electron chi connectivity index (χ2n) is 5.85. The van der Waals surface area contributed by atoms with E-state index in [9.17, 15) is 4.39 Å². The summed E-state index contributed by atoms with van der Waals surface area (Å²) in [5.74, 6) is 0.505. The number of aromatic nitrogens is 3. The number of benzene rings is 1. The highest BCUT2D eigenvalue weighted by Gasteiger charge is 2.25. The van der Waals surface area contributed by atoms with Crippen molar-refractivity contribution in [3.63, 3.8) is 0 Å². The average molecular weight is 347 g/mol. The first-order valence-electron chi connectivity index (χ1n) is 7.75. The SMILES string of the molecule is Cc1cn2nc(N3CCOC(c4ccc(F)cc4Cl)C3)ccc2n1. The fourth-order valence-electron chi connectivity index (χ4n) is 2.97.